The number of H-pyrrole nitrogens is 1. The van der Waals surface area contributed by atoms with Crippen LogP contribution in [0.1, 0.15) is 5.56 Å². The average molecular weight is 258 g/mol. The minimum absolute atomic E-state index is 0.135. The molecule has 0 aromatic carbocycles. The number of nitrogens with one attached hydrogen (secondary N) is 1. The highest BCUT2D eigenvalue weighted by molar-refractivity contribution is 6.36. The van der Waals surface area contributed by atoms with Crippen molar-refractivity contribution in [2.75, 3.05) is 0 Å². The topological polar surface area (TPSA) is 69.5 Å². The molecule has 2 heterocycles. The van der Waals surface area contributed by atoms with Crippen molar-refractivity contribution in [3.05, 3.63) is 38.1 Å². The molecule has 2 rings (SSSR count). The number of aromatic nitrogens is 2. The summed E-state index contributed by atoms with van der Waals surface area (Å²) in [5.41, 5.74) is -1.20. The molecule has 0 aliphatic heterocycles. The molecule has 2 aromatic heterocycles. The Morgan fingerprint density at radius 3 is 2.81 bits per heavy atom. The fraction of sp³-hybridized carbons (Fsp3) is 0. The van der Waals surface area contributed by atoms with Crippen molar-refractivity contribution < 1.29 is 4.39 Å². The number of aromatic amines is 1. The average Bonchev–Trinajstić information content (AvgIpc) is 2.25. The first kappa shape index (κ1) is 10.9. The fourth-order valence-corrected chi connectivity index (χ4v) is 1.68. The molecule has 0 spiro atoms. The minimum Gasteiger partial charge on any atom is -0.318 e. The van der Waals surface area contributed by atoms with Crippen LogP contribution in [0.2, 0.25) is 10.2 Å². The minimum atomic E-state index is -0.873. The SMILES string of the molecule is N#Cc1c(Cl)c2cnc(Cl)c(F)c2[nH]c1=O. The molecule has 0 aliphatic carbocycles. The van der Waals surface area contributed by atoms with Crippen LogP contribution in [0, 0.1) is 17.1 Å². The van der Waals surface area contributed by atoms with Gasteiger partial charge in [0, 0.05) is 11.6 Å². The van der Waals surface area contributed by atoms with E-state index in [0.29, 0.717) is 0 Å². The highest BCUT2D eigenvalue weighted by Crippen LogP contribution is 2.26. The molecule has 4 nitrogen and oxygen atoms in total. The number of hydrogen-bond acceptors (Lipinski definition) is 3. The molecule has 0 aliphatic rings. The summed E-state index contributed by atoms with van der Waals surface area (Å²) in [7, 11) is 0. The summed E-state index contributed by atoms with van der Waals surface area (Å²) in [4.78, 5) is 17.1. The first-order valence-electron chi connectivity index (χ1n) is 4.02. The van der Waals surface area contributed by atoms with Crippen molar-refractivity contribution >= 4 is 34.1 Å². The molecule has 0 bridgehead atoms. The quantitative estimate of drug-likeness (QED) is 0.736. The van der Waals surface area contributed by atoms with Crippen molar-refractivity contribution in [3.8, 4) is 6.07 Å². The first-order chi connectivity index (χ1) is 7.56. The molecule has 0 fully saturated rings. The van der Waals surface area contributed by atoms with Crippen LogP contribution in [0.4, 0.5) is 4.39 Å². The predicted octanol–water partition coefficient (Wildman–Crippen LogP) is 2.24. The summed E-state index contributed by atoms with van der Waals surface area (Å²) in [5, 5.41) is 8.32. The molecule has 0 saturated carbocycles. The van der Waals surface area contributed by atoms with Gasteiger partial charge in [0.1, 0.15) is 11.6 Å². The lowest BCUT2D eigenvalue weighted by Gasteiger charge is -2.03. The van der Waals surface area contributed by atoms with Crippen LogP contribution in [0.5, 0.6) is 0 Å². The Hall–Kier alpha value is -1.64. The predicted molar refractivity (Wildman–Crippen MR) is 57.1 cm³/mol. The van der Waals surface area contributed by atoms with Crippen LogP contribution in [-0.4, -0.2) is 9.97 Å². The molecule has 16 heavy (non-hydrogen) atoms. The molecule has 80 valence electrons. The monoisotopic (exact) mass is 257 g/mol. The van der Waals surface area contributed by atoms with Gasteiger partial charge in [-0.15, -0.1) is 0 Å². The number of nitrogens with zero attached hydrogens (tertiary/aromatic N) is 2. The van der Waals surface area contributed by atoms with E-state index in [0.717, 1.165) is 0 Å². The molecule has 2 aromatic rings. The fourth-order valence-electron chi connectivity index (χ4n) is 1.26. The van der Waals surface area contributed by atoms with Crippen LogP contribution in [0.3, 0.4) is 0 Å². The molecule has 0 amide bonds. The summed E-state index contributed by atoms with van der Waals surface area (Å²) >= 11 is 11.2. The Labute approximate surface area is 98.2 Å². The molecule has 0 unspecified atom stereocenters. The number of pyridine rings is 2. The van der Waals surface area contributed by atoms with Gasteiger partial charge in [0.15, 0.2) is 11.0 Å². The van der Waals surface area contributed by atoms with E-state index in [1.54, 1.807) is 6.07 Å². The second kappa shape index (κ2) is 3.74. The third kappa shape index (κ3) is 1.43. The molecule has 7 heteroatoms. The number of fused-ring (bicyclic) bond motifs is 1. The largest absolute Gasteiger partial charge is 0.318 e. The summed E-state index contributed by atoms with van der Waals surface area (Å²) < 4.78 is 13.5. The van der Waals surface area contributed by atoms with Crippen LogP contribution in [0.25, 0.3) is 10.9 Å². The van der Waals surface area contributed by atoms with Crippen LogP contribution >= 0.6 is 23.2 Å². The van der Waals surface area contributed by atoms with Gasteiger partial charge in [-0.1, -0.05) is 23.2 Å². The van der Waals surface area contributed by atoms with Crippen molar-refractivity contribution in [2.45, 2.75) is 0 Å². The van der Waals surface area contributed by atoms with Gasteiger partial charge in [-0.3, -0.25) is 4.79 Å². The molecular weight excluding hydrogens is 256 g/mol. The van der Waals surface area contributed by atoms with E-state index in [2.05, 4.69) is 9.97 Å². The smallest absolute Gasteiger partial charge is 0.267 e. The zero-order valence-electron chi connectivity index (χ0n) is 7.51. The zero-order valence-corrected chi connectivity index (χ0v) is 9.03. The number of nitriles is 1. The standard InChI is InChI=1S/C9H2Cl2FN3O/c10-5-3(1-13)9(16)15-7-4(5)2-14-8(11)6(7)12/h2H,(H,15,16). The Morgan fingerprint density at radius 2 is 2.19 bits per heavy atom. The second-order valence-corrected chi connectivity index (χ2v) is 3.64. The van der Waals surface area contributed by atoms with E-state index in [9.17, 15) is 9.18 Å². The Bertz CT molecular complexity index is 690. The van der Waals surface area contributed by atoms with Gasteiger partial charge in [-0.05, 0) is 0 Å². The van der Waals surface area contributed by atoms with E-state index in [-0.39, 0.29) is 26.6 Å². The van der Waals surface area contributed by atoms with E-state index in [1.807, 2.05) is 0 Å². The van der Waals surface area contributed by atoms with Gasteiger partial charge >= 0.3 is 0 Å². The summed E-state index contributed by atoms with van der Waals surface area (Å²) in [5.74, 6) is -0.873. The second-order valence-electron chi connectivity index (χ2n) is 2.91. The number of rotatable bonds is 0. The summed E-state index contributed by atoms with van der Waals surface area (Å²) in [6.07, 6.45) is 1.19. The summed E-state index contributed by atoms with van der Waals surface area (Å²) in [6, 6.07) is 1.63. The van der Waals surface area contributed by atoms with Crippen LogP contribution < -0.4 is 5.56 Å². The van der Waals surface area contributed by atoms with E-state index < -0.39 is 11.4 Å². The third-order valence-electron chi connectivity index (χ3n) is 2.01. The molecule has 1 N–H and O–H groups in total. The van der Waals surface area contributed by atoms with Gasteiger partial charge in [-0.2, -0.15) is 5.26 Å². The van der Waals surface area contributed by atoms with E-state index in [1.165, 1.54) is 6.20 Å². The molecular formula is C9H2Cl2FN3O. The van der Waals surface area contributed by atoms with Crippen molar-refractivity contribution in [1.29, 1.82) is 5.26 Å². The van der Waals surface area contributed by atoms with E-state index >= 15 is 0 Å². The summed E-state index contributed by atoms with van der Waals surface area (Å²) in [6.45, 7) is 0. The molecule has 0 saturated heterocycles. The zero-order chi connectivity index (χ0) is 11.9. The normalized spacial score (nSPS) is 10.4. The van der Waals surface area contributed by atoms with Crippen molar-refractivity contribution in [2.24, 2.45) is 0 Å². The first-order valence-corrected chi connectivity index (χ1v) is 4.77. The lowest BCUT2D eigenvalue weighted by molar-refractivity contribution is 0.631. The maximum Gasteiger partial charge on any atom is 0.267 e. The lowest BCUT2D eigenvalue weighted by atomic mass is 10.2. The van der Waals surface area contributed by atoms with E-state index in [4.69, 9.17) is 28.5 Å². The maximum atomic E-state index is 13.5. The Morgan fingerprint density at radius 1 is 1.50 bits per heavy atom. The van der Waals surface area contributed by atoms with Gasteiger partial charge in [0.05, 0.1) is 10.5 Å². The van der Waals surface area contributed by atoms with Gasteiger partial charge in [-0.25, -0.2) is 9.37 Å². The van der Waals surface area contributed by atoms with Gasteiger partial charge in [0.2, 0.25) is 0 Å². The number of hydrogen-bond donors (Lipinski definition) is 1. The van der Waals surface area contributed by atoms with Crippen LogP contribution in [-0.2, 0) is 0 Å². The number of halogens is 3. The Balaban J connectivity index is 3.06. The highest BCUT2D eigenvalue weighted by atomic mass is 35.5. The van der Waals surface area contributed by atoms with Gasteiger partial charge in [0.25, 0.3) is 5.56 Å². The maximum absolute atomic E-state index is 13.5. The third-order valence-corrected chi connectivity index (χ3v) is 2.67. The lowest BCUT2D eigenvalue weighted by Crippen LogP contribution is -2.12. The molecule has 0 atom stereocenters. The van der Waals surface area contributed by atoms with Crippen molar-refractivity contribution in [1.82, 2.24) is 9.97 Å². The van der Waals surface area contributed by atoms with Crippen LogP contribution in [0.15, 0.2) is 11.0 Å². The highest BCUT2D eigenvalue weighted by Gasteiger charge is 2.15. The van der Waals surface area contributed by atoms with Gasteiger partial charge < -0.3 is 4.98 Å². The Kier molecular flexibility index (Phi) is 2.54. The van der Waals surface area contributed by atoms with Crippen molar-refractivity contribution in [3.63, 3.8) is 0 Å². The molecule has 0 radical (unpaired) electrons.